The molecular weight excluding hydrogens is 392 g/mol. The summed E-state index contributed by atoms with van der Waals surface area (Å²) >= 11 is 0. The molecule has 1 aliphatic rings. The van der Waals surface area contributed by atoms with Gasteiger partial charge in [-0.25, -0.2) is 0 Å². The van der Waals surface area contributed by atoms with Crippen molar-refractivity contribution in [1.82, 2.24) is 0 Å². The van der Waals surface area contributed by atoms with Crippen molar-refractivity contribution < 1.29 is 24.9 Å². The van der Waals surface area contributed by atoms with Gasteiger partial charge in [-0.1, -0.05) is 53.4 Å². The number of carboxylic acid groups (broad SMARTS) is 1. The van der Waals surface area contributed by atoms with Crippen molar-refractivity contribution in [1.29, 1.82) is 0 Å². The quantitative estimate of drug-likeness (QED) is 0.228. The lowest BCUT2D eigenvalue weighted by atomic mass is 9.77. The van der Waals surface area contributed by atoms with E-state index in [0.29, 0.717) is 24.9 Å². The van der Waals surface area contributed by atoms with Crippen LogP contribution in [-0.2, 0) is 9.53 Å². The van der Waals surface area contributed by atoms with Gasteiger partial charge in [-0.2, -0.15) is 0 Å². The average molecular weight is 443 g/mol. The Balaban J connectivity index is 2.48. The van der Waals surface area contributed by atoms with Crippen LogP contribution in [0.4, 0.5) is 0 Å². The molecule has 1 aliphatic carbocycles. The van der Waals surface area contributed by atoms with Crippen LogP contribution in [0.15, 0.2) is 0 Å². The summed E-state index contributed by atoms with van der Waals surface area (Å²) in [6.07, 6.45) is 12.1. The molecule has 0 bridgehead atoms. The Labute approximate surface area is 191 Å². The molecule has 31 heavy (non-hydrogen) atoms. The molecule has 0 amide bonds. The molecule has 0 aromatic carbocycles. The first-order valence-electron chi connectivity index (χ1n) is 12.9. The van der Waals surface area contributed by atoms with E-state index < -0.39 is 5.97 Å². The summed E-state index contributed by atoms with van der Waals surface area (Å²) in [4.78, 5) is 10.9. The highest BCUT2D eigenvalue weighted by Gasteiger charge is 2.36. The Bertz CT molecular complexity index is 478. The predicted octanol–water partition coefficient (Wildman–Crippen LogP) is 5.95. The fraction of sp³-hybridized carbons (Fsp3) is 0.962. The van der Waals surface area contributed by atoms with Crippen LogP contribution in [0.1, 0.15) is 118 Å². The largest absolute Gasteiger partial charge is 0.481 e. The number of carboxylic acids is 1. The van der Waals surface area contributed by atoms with E-state index in [-0.39, 0.29) is 30.1 Å². The molecule has 0 aliphatic heterocycles. The molecule has 0 radical (unpaired) electrons. The maximum atomic E-state index is 10.9. The van der Waals surface area contributed by atoms with Gasteiger partial charge in [0.15, 0.2) is 0 Å². The third-order valence-electron chi connectivity index (χ3n) is 7.42. The fourth-order valence-corrected chi connectivity index (χ4v) is 5.05. The van der Waals surface area contributed by atoms with Gasteiger partial charge in [0.25, 0.3) is 0 Å². The number of carbonyl (C=O) groups is 1. The van der Waals surface area contributed by atoms with E-state index in [2.05, 4.69) is 27.7 Å². The monoisotopic (exact) mass is 442 g/mol. The van der Waals surface area contributed by atoms with Gasteiger partial charge in [-0.05, 0) is 75.0 Å². The van der Waals surface area contributed by atoms with Gasteiger partial charge in [0.2, 0.25) is 0 Å². The van der Waals surface area contributed by atoms with Gasteiger partial charge >= 0.3 is 5.97 Å². The molecule has 184 valence electrons. The van der Waals surface area contributed by atoms with Gasteiger partial charge in [0.05, 0.1) is 18.3 Å². The van der Waals surface area contributed by atoms with Crippen molar-refractivity contribution in [3.05, 3.63) is 0 Å². The van der Waals surface area contributed by atoms with E-state index in [1.165, 1.54) is 0 Å². The second-order valence-corrected chi connectivity index (χ2v) is 10.5. The number of aliphatic hydroxyl groups is 2. The molecular formula is C26H50O5. The summed E-state index contributed by atoms with van der Waals surface area (Å²) in [5, 5.41) is 30.3. The van der Waals surface area contributed by atoms with Crippen molar-refractivity contribution in [3.63, 3.8) is 0 Å². The van der Waals surface area contributed by atoms with Gasteiger partial charge in [0.1, 0.15) is 0 Å². The first-order chi connectivity index (χ1) is 14.7. The van der Waals surface area contributed by atoms with E-state index in [1.54, 1.807) is 0 Å². The summed E-state index contributed by atoms with van der Waals surface area (Å²) in [6.45, 7) is 9.35. The highest BCUT2D eigenvalue weighted by atomic mass is 16.5. The lowest BCUT2D eigenvalue weighted by Gasteiger charge is -2.32. The Morgan fingerprint density at radius 1 is 1.03 bits per heavy atom. The SMILES string of the molecule is CCCCOC(CCC[C@@H]1[C@@H](CCC(O)C(C)(C)CCCC)CC[C@@H]1O)CCC(=O)O. The molecule has 0 saturated heterocycles. The molecule has 5 nitrogen and oxygen atoms in total. The first-order valence-corrected chi connectivity index (χ1v) is 12.9. The van der Waals surface area contributed by atoms with Gasteiger partial charge in [-0.15, -0.1) is 0 Å². The maximum Gasteiger partial charge on any atom is 0.303 e. The van der Waals surface area contributed by atoms with E-state index in [4.69, 9.17) is 9.84 Å². The third-order valence-corrected chi connectivity index (χ3v) is 7.42. The van der Waals surface area contributed by atoms with E-state index >= 15 is 0 Å². The number of rotatable bonds is 18. The molecule has 5 atom stereocenters. The molecule has 0 spiro atoms. The molecule has 0 aromatic heterocycles. The fourth-order valence-electron chi connectivity index (χ4n) is 5.05. The van der Waals surface area contributed by atoms with E-state index in [0.717, 1.165) is 77.0 Å². The van der Waals surface area contributed by atoms with Crippen LogP contribution in [0.3, 0.4) is 0 Å². The number of hydrogen-bond donors (Lipinski definition) is 3. The summed E-state index contributed by atoms with van der Waals surface area (Å²) < 4.78 is 5.94. The molecule has 1 saturated carbocycles. The Kier molecular flexibility index (Phi) is 13.9. The molecule has 0 heterocycles. The van der Waals surface area contributed by atoms with Crippen LogP contribution >= 0.6 is 0 Å². The summed E-state index contributed by atoms with van der Waals surface area (Å²) in [6, 6.07) is 0. The number of hydrogen-bond acceptors (Lipinski definition) is 4. The zero-order valence-corrected chi connectivity index (χ0v) is 20.7. The minimum absolute atomic E-state index is 0.000771. The van der Waals surface area contributed by atoms with Crippen molar-refractivity contribution in [2.24, 2.45) is 17.3 Å². The molecule has 2 unspecified atom stereocenters. The number of aliphatic carboxylic acids is 1. The summed E-state index contributed by atoms with van der Waals surface area (Å²) in [5.74, 6) is 0.00242. The Morgan fingerprint density at radius 3 is 2.39 bits per heavy atom. The van der Waals surface area contributed by atoms with Gasteiger partial charge < -0.3 is 20.1 Å². The zero-order valence-electron chi connectivity index (χ0n) is 20.7. The maximum absolute atomic E-state index is 10.9. The number of aliphatic hydroxyl groups excluding tert-OH is 2. The second-order valence-electron chi connectivity index (χ2n) is 10.5. The van der Waals surface area contributed by atoms with Crippen LogP contribution < -0.4 is 0 Å². The smallest absolute Gasteiger partial charge is 0.303 e. The van der Waals surface area contributed by atoms with Crippen LogP contribution in [0.2, 0.25) is 0 Å². The van der Waals surface area contributed by atoms with Gasteiger partial charge in [-0.3, -0.25) is 4.79 Å². The molecule has 1 rings (SSSR count). The second kappa shape index (κ2) is 15.2. The standard InChI is InChI=1S/C26H50O5/c1-5-7-18-26(3,4)24(28)16-13-20-12-15-23(27)22(20)11-9-10-21(14-17-25(29)30)31-19-8-6-2/h20-24,27-28H,5-19H2,1-4H3,(H,29,30)/t20-,21?,22-,23+,24?/m1/s1. The van der Waals surface area contributed by atoms with Crippen LogP contribution in [0.25, 0.3) is 0 Å². The lowest BCUT2D eigenvalue weighted by molar-refractivity contribution is -0.137. The van der Waals surface area contributed by atoms with Crippen molar-refractivity contribution in [3.8, 4) is 0 Å². The third kappa shape index (κ3) is 11.2. The van der Waals surface area contributed by atoms with Gasteiger partial charge in [0, 0.05) is 13.0 Å². The van der Waals surface area contributed by atoms with Crippen LogP contribution in [0.5, 0.6) is 0 Å². The molecule has 1 fully saturated rings. The highest BCUT2D eigenvalue weighted by Crippen LogP contribution is 2.40. The first kappa shape index (κ1) is 28.4. The zero-order chi connectivity index (χ0) is 23.3. The molecule has 3 N–H and O–H groups in total. The molecule has 0 aromatic rings. The number of unbranched alkanes of at least 4 members (excludes halogenated alkanes) is 2. The van der Waals surface area contributed by atoms with Crippen molar-refractivity contribution in [2.75, 3.05) is 6.61 Å². The van der Waals surface area contributed by atoms with Crippen molar-refractivity contribution >= 4 is 5.97 Å². The van der Waals surface area contributed by atoms with Crippen LogP contribution in [0, 0.1) is 17.3 Å². The lowest BCUT2D eigenvalue weighted by Crippen LogP contribution is -2.30. The Hall–Kier alpha value is -0.650. The number of ether oxygens (including phenoxy) is 1. The Morgan fingerprint density at radius 2 is 1.74 bits per heavy atom. The van der Waals surface area contributed by atoms with Crippen LogP contribution in [-0.4, -0.2) is 46.2 Å². The van der Waals surface area contributed by atoms with E-state index in [1.807, 2.05) is 0 Å². The average Bonchev–Trinajstić information content (AvgIpc) is 3.07. The topological polar surface area (TPSA) is 87.0 Å². The minimum atomic E-state index is -0.768. The minimum Gasteiger partial charge on any atom is -0.481 e. The summed E-state index contributed by atoms with van der Waals surface area (Å²) in [7, 11) is 0. The highest BCUT2D eigenvalue weighted by molar-refractivity contribution is 5.66. The normalized spacial score (nSPS) is 23.7. The van der Waals surface area contributed by atoms with Crippen molar-refractivity contribution in [2.45, 2.75) is 136 Å². The predicted molar refractivity (Wildman–Crippen MR) is 126 cm³/mol. The van der Waals surface area contributed by atoms with E-state index in [9.17, 15) is 15.0 Å². The molecule has 5 heteroatoms. The summed E-state index contributed by atoms with van der Waals surface area (Å²) in [5.41, 5.74) is -0.0457.